The molecule has 2 amide bonds. The number of hydroxylamine groups is 3. The number of hydrogen-bond acceptors (Lipinski definition) is 8. The van der Waals surface area contributed by atoms with Gasteiger partial charge in [-0.15, -0.1) is 10.5 Å². The van der Waals surface area contributed by atoms with Gasteiger partial charge in [0.2, 0.25) is 6.41 Å². The van der Waals surface area contributed by atoms with Gasteiger partial charge in [0.05, 0.1) is 5.60 Å². The van der Waals surface area contributed by atoms with Crippen LogP contribution in [-0.4, -0.2) is 46.6 Å². The van der Waals surface area contributed by atoms with Gasteiger partial charge in [0, 0.05) is 12.8 Å². The molecule has 0 aromatic carbocycles. The van der Waals surface area contributed by atoms with E-state index in [0.29, 0.717) is 5.06 Å². The van der Waals surface area contributed by atoms with Crippen LogP contribution in [0.4, 0.5) is 0 Å². The molecule has 1 atom stereocenters. The van der Waals surface area contributed by atoms with E-state index in [1.807, 2.05) is 0 Å². The molecular weight excluding hydrogens is 272 g/mol. The second-order valence-electron chi connectivity index (χ2n) is 5.03. The summed E-state index contributed by atoms with van der Waals surface area (Å²) in [6.07, 6.45) is -1.40. The lowest BCUT2D eigenvalue weighted by Gasteiger charge is -2.23. The zero-order chi connectivity index (χ0) is 15.3. The molecule has 20 heavy (non-hydrogen) atoms. The van der Waals surface area contributed by atoms with Gasteiger partial charge >= 0.3 is 5.97 Å². The van der Waals surface area contributed by atoms with Crippen LogP contribution in [0.25, 0.3) is 0 Å². The Hall–Kier alpha value is -1.55. The third kappa shape index (κ3) is 5.61. The Labute approximate surface area is 115 Å². The van der Waals surface area contributed by atoms with Gasteiger partial charge in [-0.2, -0.15) is 0 Å². The predicted octanol–water partition coefficient (Wildman–Crippen LogP) is -0.794. The number of hydrogen-bond donors (Lipinski definition) is 2. The fourth-order valence-corrected chi connectivity index (χ4v) is 1.32. The van der Waals surface area contributed by atoms with Crippen molar-refractivity contribution in [3.63, 3.8) is 0 Å². The molecule has 0 bridgehead atoms. The first-order chi connectivity index (χ1) is 9.19. The maximum atomic E-state index is 11.3. The first-order valence-electron chi connectivity index (χ1n) is 5.99. The summed E-state index contributed by atoms with van der Waals surface area (Å²) in [4.78, 5) is 42.8. The number of nitrogens with one attached hydrogen (secondary N) is 1. The molecule has 1 aliphatic rings. The number of aliphatic hydroxyl groups is 1. The third-order valence-electron chi connectivity index (χ3n) is 2.04. The minimum Gasteiger partial charge on any atom is -0.354 e. The molecule has 1 fully saturated rings. The van der Waals surface area contributed by atoms with Crippen LogP contribution in [0.3, 0.4) is 0 Å². The molecule has 0 aromatic heterocycles. The minimum atomic E-state index is -1.43. The van der Waals surface area contributed by atoms with Crippen LogP contribution in [-0.2, 0) is 28.8 Å². The third-order valence-corrected chi connectivity index (χ3v) is 2.04. The average Bonchev–Trinajstić information content (AvgIpc) is 2.58. The summed E-state index contributed by atoms with van der Waals surface area (Å²) >= 11 is 0. The fourth-order valence-electron chi connectivity index (χ4n) is 1.32. The van der Waals surface area contributed by atoms with Gasteiger partial charge in [-0.05, 0) is 20.8 Å². The van der Waals surface area contributed by atoms with Gasteiger partial charge in [-0.1, -0.05) is 0 Å². The van der Waals surface area contributed by atoms with Crippen LogP contribution in [0.2, 0.25) is 0 Å². The second kappa shape index (κ2) is 6.75. The minimum absolute atomic E-state index is 0.0172. The van der Waals surface area contributed by atoms with Crippen LogP contribution in [0, 0.1) is 0 Å². The highest BCUT2D eigenvalue weighted by molar-refractivity contribution is 6.01. The van der Waals surface area contributed by atoms with Gasteiger partial charge in [0.25, 0.3) is 11.8 Å². The lowest BCUT2D eigenvalue weighted by molar-refractivity contribution is -0.239. The van der Waals surface area contributed by atoms with E-state index >= 15 is 0 Å². The molecule has 1 unspecified atom stereocenters. The zero-order valence-electron chi connectivity index (χ0n) is 11.5. The lowest BCUT2D eigenvalue weighted by Crippen LogP contribution is -2.40. The van der Waals surface area contributed by atoms with Crippen molar-refractivity contribution in [1.82, 2.24) is 10.5 Å². The van der Waals surface area contributed by atoms with E-state index in [1.165, 1.54) is 0 Å². The standard InChI is InChI=1S/C11H18N2O7/c1-11(2,3)19-10(17)12-18-6-9(16)20-13-7(14)4-5-8(13)15/h10,12,17H,4-6H2,1-3H3. The molecule has 2 N–H and O–H groups in total. The number of carbonyl (C=O) groups is 3. The van der Waals surface area contributed by atoms with E-state index in [1.54, 1.807) is 20.8 Å². The van der Waals surface area contributed by atoms with E-state index in [4.69, 9.17) is 4.74 Å². The predicted molar refractivity (Wildman–Crippen MR) is 63.1 cm³/mol. The fraction of sp³-hybridized carbons (Fsp3) is 0.727. The largest absolute Gasteiger partial charge is 0.360 e. The molecule has 0 aromatic rings. The van der Waals surface area contributed by atoms with Crippen molar-refractivity contribution in [2.24, 2.45) is 0 Å². The molecule has 9 nitrogen and oxygen atoms in total. The van der Waals surface area contributed by atoms with Crippen molar-refractivity contribution in [3.8, 4) is 0 Å². The van der Waals surface area contributed by atoms with Crippen molar-refractivity contribution in [2.45, 2.75) is 45.6 Å². The Morgan fingerprint density at radius 2 is 1.90 bits per heavy atom. The molecule has 0 spiro atoms. The summed E-state index contributed by atoms with van der Waals surface area (Å²) < 4.78 is 5.04. The molecule has 0 aliphatic carbocycles. The number of nitrogens with zero attached hydrogens (tertiary/aromatic N) is 1. The molecule has 1 heterocycles. The van der Waals surface area contributed by atoms with Crippen LogP contribution < -0.4 is 5.48 Å². The Morgan fingerprint density at radius 1 is 1.35 bits per heavy atom. The normalized spacial score (nSPS) is 17.5. The summed E-state index contributed by atoms with van der Waals surface area (Å²) in [6.45, 7) is 4.55. The molecular formula is C11H18N2O7. The number of rotatable bonds is 6. The Bertz CT molecular complexity index is 375. The molecule has 1 rings (SSSR count). The summed E-state index contributed by atoms with van der Waals surface area (Å²) in [5.41, 5.74) is 1.46. The van der Waals surface area contributed by atoms with Crippen molar-refractivity contribution in [2.75, 3.05) is 6.61 Å². The number of ether oxygens (including phenoxy) is 1. The first-order valence-corrected chi connectivity index (χ1v) is 5.99. The monoisotopic (exact) mass is 290 g/mol. The number of carbonyl (C=O) groups excluding carboxylic acids is 3. The highest BCUT2D eigenvalue weighted by Gasteiger charge is 2.32. The van der Waals surface area contributed by atoms with Crippen LogP contribution in [0.15, 0.2) is 0 Å². The Balaban J connectivity index is 2.24. The van der Waals surface area contributed by atoms with Crippen LogP contribution >= 0.6 is 0 Å². The zero-order valence-corrected chi connectivity index (χ0v) is 11.5. The summed E-state index contributed by atoms with van der Waals surface area (Å²) in [5, 5.41) is 9.75. The van der Waals surface area contributed by atoms with E-state index in [-0.39, 0.29) is 12.8 Å². The maximum Gasteiger partial charge on any atom is 0.360 e. The van der Waals surface area contributed by atoms with E-state index < -0.39 is 36.4 Å². The summed E-state index contributed by atoms with van der Waals surface area (Å²) in [7, 11) is 0. The maximum absolute atomic E-state index is 11.3. The van der Waals surface area contributed by atoms with Crippen molar-refractivity contribution < 1.29 is 33.9 Å². The Morgan fingerprint density at radius 3 is 2.40 bits per heavy atom. The molecule has 114 valence electrons. The van der Waals surface area contributed by atoms with Crippen molar-refractivity contribution in [1.29, 1.82) is 0 Å². The average molecular weight is 290 g/mol. The van der Waals surface area contributed by atoms with Gasteiger partial charge in [0.15, 0.2) is 6.61 Å². The lowest BCUT2D eigenvalue weighted by atomic mass is 10.2. The second-order valence-corrected chi connectivity index (χ2v) is 5.03. The summed E-state index contributed by atoms with van der Waals surface area (Å²) in [6, 6.07) is 0. The number of imide groups is 1. The smallest absolute Gasteiger partial charge is 0.354 e. The Kier molecular flexibility index (Phi) is 5.57. The highest BCUT2D eigenvalue weighted by Crippen LogP contribution is 2.12. The SMILES string of the molecule is CC(C)(C)OC(O)NOCC(=O)ON1C(=O)CCC1=O. The molecule has 0 saturated carbocycles. The molecule has 0 radical (unpaired) electrons. The summed E-state index contributed by atoms with van der Waals surface area (Å²) in [5.74, 6) is -2.11. The van der Waals surface area contributed by atoms with Crippen molar-refractivity contribution in [3.05, 3.63) is 0 Å². The van der Waals surface area contributed by atoms with Crippen LogP contribution in [0.1, 0.15) is 33.6 Å². The highest BCUT2D eigenvalue weighted by atomic mass is 16.8. The van der Waals surface area contributed by atoms with E-state index in [9.17, 15) is 19.5 Å². The topological polar surface area (TPSA) is 114 Å². The van der Waals surface area contributed by atoms with Gasteiger partial charge in [-0.3, -0.25) is 14.4 Å². The van der Waals surface area contributed by atoms with Crippen LogP contribution in [0.5, 0.6) is 0 Å². The van der Waals surface area contributed by atoms with Gasteiger partial charge < -0.3 is 14.7 Å². The molecule has 1 saturated heterocycles. The number of aliphatic hydroxyl groups excluding tert-OH is 1. The van der Waals surface area contributed by atoms with Gasteiger partial charge in [-0.25, -0.2) is 4.79 Å². The quantitative estimate of drug-likeness (QED) is 0.371. The molecule has 9 heteroatoms. The van der Waals surface area contributed by atoms with E-state index in [0.717, 1.165) is 0 Å². The molecule has 1 aliphatic heterocycles. The van der Waals surface area contributed by atoms with Crippen molar-refractivity contribution >= 4 is 17.8 Å². The van der Waals surface area contributed by atoms with E-state index in [2.05, 4.69) is 15.2 Å². The van der Waals surface area contributed by atoms with Gasteiger partial charge in [0.1, 0.15) is 0 Å². The first kappa shape index (κ1) is 16.5. The number of amides is 2.